The van der Waals surface area contributed by atoms with Crippen molar-refractivity contribution in [2.45, 2.75) is 45.6 Å². The van der Waals surface area contributed by atoms with Gasteiger partial charge >= 0.3 is 0 Å². The number of nitrogens with one attached hydrogen (secondary N) is 1. The first-order valence-corrected chi connectivity index (χ1v) is 10.5. The highest BCUT2D eigenvalue weighted by molar-refractivity contribution is 14.0. The maximum Gasteiger partial charge on any atom is 0.194 e. The van der Waals surface area contributed by atoms with Crippen LogP contribution in [0.4, 0.5) is 0 Å². The van der Waals surface area contributed by atoms with E-state index in [0.29, 0.717) is 35.9 Å². The number of hydrogen-bond acceptors (Lipinski definition) is 3. The number of hydrogen-bond donors (Lipinski definition) is 1. The van der Waals surface area contributed by atoms with Gasteiger partial charge in [0.2, 0.25) is 0 Å². The van der Waals surface area contributed by atoms with Crippen LogP contribution in [-0.4, -0.2) is 56.5 Å². The summed E-state index contributed by atoms with van der Waals surface area (Å²) >= 11 is 0. The molecule has 134 valence electrons. The molecule has 0 aromatic heterocycles. The molecule has 1 N–H and O–H groups in total. The van der Waals surface area contributed by atoms with E-state index in [1.807, 2.05) is 0 Å². The van der Waals surface area contributed by atoms with E-state index in [-0.39, 0.29) is 29.9 Å². The van der Waals surface area contributed by atoms with Crippen LogP contribution in [-0.2, 0) is 9.84 Å². The summed E-state index contributed by atoms with van der Waals surface area (Å²) in [7, 11) is -2.80. The van der Waals surface area contributed by atoms with E-state index >= 15 is 0 Å². The molecule has 0 aromatic carbocycles. The van der Waals surface area contributed by atoms with E-state index in [1.54, 1.807) is 0 Å². The lowest BCUT2D eigenvalue weighted by atomic mass is 9.92. The molecule has 3 aliphatic rings. The average Bonchev–Trinajstić information content (AvgIpc) is 3.16. The van der Waals surface area contributed by atoms with Crippen LogP contribution >= 0.6 is 24.0 Å². The molecule has 23 heavy (non-hydrogen) atoms. The molecule has 3 rings (SSSR count). The van der Waals surface area contributed by atoms with Gasteiger partial charge in [0.05, 0.1) is 11.5 Å². The van der Waals surface area contributed by atoms with Gasteiger partial charge < -0.3 is 10.2 Å². The van der Waals surface area contributed by atoms with Crippen LogP contribution in [0.1, 0.15) is 39.5 Å². The maximum absolute atomic E-state index is 11.6. The van der Waals surface area contributed by atoms with E-state index in [0.717, 1.165) is 25.5 Å². The largest absolute Gasteiger partial charge is 0.354 e. The molecule has 0 bridgehead atoms. The normalized spacial score (nSPS) is 34.1. The smallest absolute Gasteiger partial charge is 0.194 e. The fourth-order valence-electron chi connectivity index (χ4n) is 3.71. The third-order valence-corrected chi connectivity index (χ3v) is 6.74. The molecule has 5 nitrogen and oxygen atoms in total. The van der Waals surface area contributed by atoms with Crippen molar-refractivity contribution in [2.75, 3.05) is 31.1 Å². The summed E-state index contributed by atoms with van der Waals surface area (Å²) in [5, 5.41) is 3.57. The lowest BCUT2D eigenvalue weighted by Crippen LogP contribution is -2.49. The molecule has 0 aromatic rings. The predicted molar refractivity (Wildman–Crippen MR) is 105 cm³/mol. The third-order valence-electron chi connectivity index (χ3n) is 4.90. The Hall–Kier alpha value is -0.0500. The molecular formula is C16H30IN3O2S. The summed E-state index contributed by atoms with van der Waals surface area (Å²) in [5.74, 6) is 3.28. The van der Waals surface area contributed by atoms with Crippen molar-refractivity contribution in [1.82, 2.24) is 10.2 Å². The molecule has 0 amide bonds. The van der Waals surface area contributed by atoms with Gasteiger partial charge in [0.25, 0.3) is 0 Å². The summed E-state index contributed by atoms with van der Waals surface area (Å²) in [6, 6.07) is 0.582. The number of piperidine rings is 1. The first-order chi connectivity index (χ1) is 10.4. The highest BCUT2D eigenvalue weighted by atomic mass is 127. The van der Waals surface area contributed by atoms with Gasteiger partial charge in [-0.3, -0.25) is 4.99 Å². The molecule has 7 heteroatoms. The van der Waals surface area contributed by atoms with Crippen molar-refractivity contribution in [3.63, 3.8) is 0 Å². The lowest BCUT2D eigenvalue weighted by molar-refractivity contribution is 0.208. The molecule has 1 saturated carbocycles. The second-order valence-electron chi connectivity index (χ2n) is 7.70. The topological polar surface area (TPSA) is 61.8 Å². The van der Waals surface area contributed by atoms with Gasteiger partial charge in [-0.25, -0.2) is 8.42 Å². The van der Waals surface area contributed by atoms with Crippen molar-refractivity contribution in [3.8, 4) is 0 Å². The second-order valence-corrected chi connectivity index (χ2v) is 9.93. The summed E-state index contributed by atoms with van der Waals surface area (Å²) in [6.45, 7) is 7.38. The molecule has 2 heterocycles. The van der Waals surface area contributed by atoms with Gasteiger partial charge in [0.1, 0.15) is 0 Å². The van der Waals surface area contributed by atoms with Crippen LogP contribution in [0, 0.1) is 17.8 Å². The Balaban J connectivity index is 0.00000192. The summed E-state index contributed by atoms with van der Waals surface area (Å²) in [6.07, 6.45) is 4.52. The third kappa shape index (κ3) is 5.76. The highest BCUT2D eigenvalue weighted by Gasteiger charge is 2.30. The van der Waals surface area contributed by atoms with Crippen LogP contribution < -0.4 is 5.32 Å². The Labute approximate surface area is 157 Å². The van der Waals surface area contributed by atoms with Gasteiger partial charge in [-0.1, -0.05) is 13.8 Å². The Morgan fingerprint density at radius 1 is 1.17 bits per heavy atom. The summed E-state index contributed by atoms with van der Waals surface area (Å²) < 4.78 is 23.2. The van der Waals surface area contributed by atoms with Gasteiger partial charge in [0, 0.05) is 25.7 Å². The molecule has 0 radical (unpaired) electrons. The number of sulfone groups is 1. The van der Waals surface area contributed by atoms with Crippen LogP contribution in [0.2, 0.25) is 0 Å². The highest BCUT2D eigenvalue weighted by Crippen LogP contribution is 2.24. The van der Waals surface area contributed by atoms with Crippen molar-refractivity contribution in [2.24, 2.45) is 22.7 Å². The number of nitrogens with zero attached hydrogens (tertiary/aromatic N) is 2. The van der Waals surface area contributed by atoms with Crippen molar-refractivity contribution in [1.29, 1.82) is 0 Å². The zero-order valence-electron chi connectivity index (χ0n) is 14.2. The fraction of sp³-hybridized carbons (Fsp3) is 0.938. The standard InChI is InChI=1S/C16H29N3O2S.HI/c1-12-7-13(2)10-19(9-12)16(18-15-3-4-15)17-8-14-5-6-22(20,21)11-14;/h12-15H,3-11H2,1-2H3,(H,17,18);1H. The lowest BCUT2D eigenvalue weighted by Gasteiger charge is -2.37. The second kappa shape index (κ2) is 7.89. The maximum atomic E-state index is 11.6. The molecule has 3 fully saturated rings. The van der Waals surface area contributed by atoms with Gasteiger partial charge in [-0.05, 0) is 43.4 Å². The molecule has 1 aliphatic carbocycles. The van der Waals surface area contributed by atoms with Gasteiger partial charge in [-0.15, -0.1) is 24.0 Å². The zero-order valence-corrected chi connectivity index (χ0v) is 17.3. The number of aliphatic imine (C=N–C) groups is 1. The van der Waals surface area contributed by atoms with E-state index in [9.17, 15) is 8.42 Å². The first kappa shape index (κ1) is 19.3. The van der Waals surface area contributed by atoms with Crippen LogP contribution in [0.25, 0.3) is 0 Å². The Kier molecular flexibility index (Phi) is 6.61. The summed E-state index contributed by atoms with van der Waals surface area (Å²) in [5.41, 5.74) is 0. The van der Waals surface area contributed by atoms with Crippen LogP contribution in [0.3, 0.4) is 0 Å². The fourth-order valence-corrected chi connectivity index (χ4v) is 5.56. The number of rotatable bonds is 3. The van der Waals surface area contributed by atoms with Crippen molar-refractivity contribution < 1.29 is 8.42 Å². The van der Waals surface area contributed by atoms with Crippen molar-refractivity contribution in [3.05, 3.63) is 0 Å². The number of halogens is 1. The molecule has 2 aliphatic heterocycles. The van der Waals surface area contributed by atoms with E-state index in [1.165, 1.54) is 19.3 Å². The van der Waals surface area contributed by atoms with Crippen LogP contribution in [0.5, 0.6) is 0 Å². The SMILES string of the molecule is CC1CC(C)CN(C(=NCC2CCS(=O)(=O)C2)NC2CC2)C1.I. The monoisotopic (exact) mass is 455 g/mol. The molecular weight excluding hydrogens is 425 g/mol. The van der Waals surface area contributed by atoms with Crippen LogP contribution in [0.15, 0.2) is 4.99 Å². The number of likely N-dealkylation sites (tertiary alicyclic amines) is 1. The van der Waals surface area contributed by atoms with Crippen molar-refractivity contribution >= 4 is 39.8 Å². The molecule has 0 spiro atoms. The Morgan fingerprint density at radius 3 is 2.35 bits per heavy atom. The minimum atomic E-state index is -2.80. The number of guanidine groups is 1. The molecule has 2 saturated heterocycles. The predicted octanol–water partition coefficient (Wildman–Crippen LogP) is 2.13. The van der Waals surface area contributed by atoms with Gasteiger partial charge in [0.15, 0.2) is 15.8 Å². The Bertz CT molecular complexity index is 523. The van der Waals surface area contributed by atoms with E-state index in [2.05, 4.69) is 24.1 Å². The minimum absolute atomic E-state index is 0. The zero-order chi connectivity index (χ0) is 15.7. The van der Waals surface area contributed by atoms with E-state index < -0.39 is 9.84 Å². The first-order valence-electron chi connectivity index (χ1n) is 8.67. The average molecular weight is 455 g/mol. The van der Waals surface area contributed by atoms with Gasteiger partial charge in [-0.2, -0.15) is 0 Å². The molecule has 3 unspecified atom stereocenters. The van der Waals surface area contributed by atoms with E-state index in [4.69, 9.17) is 4.99 Å². The summed E-state index contributed by atoms with van der Waals surface area (Å²) in [4.78, 5) is 7.20. The Morgan fingerprint density at radius 2 is 1.83 bits per heavy atom. The molecule has 3 atom stereocenters. The quantitative estimate of drug-likeness (QED) is 0.403. The minimum Gasteiger partial charge on any atom is -0.354 e.